The second kappa shape index (κ2) is 6.84. The molecule has 0 heterocycles. The highest BCUT2D eigenvalue weighted by Crippen LogP contribution is 2.23. The number of phenols is 1. The number of hydrogen-bond acceptors (Lipinski definition) is 3. The van der Waals surface area contributed by atoms with Crippen LogP contribution in [0.3, 0.4) is 0 Å². The van der Waals surface area contributed by atoms with Gasteiger partial charge in [0.15, 0.2) is 0 Å². The number of hydrogen-bond donors (Lipinski definition) is 3. The van der Waals surface area contributed by atoms with Gasteiger partial charge in [-0.2, -0.15) is 0 Å². The van der Waals surface area contributed by atoms with Gasteiger partial charge in [0.2, 0.25) is 0 Å². The third-order valence-corrected chi connectivity index (χ3v) is 3.13. The molecule has 0 radical (unpaired) electrons. The van der Waals surface area contributed by atoms with Gasteiger partial charge in [0.1, 0.15) is 5.75 Å². The largest absolute Gasteiger partial charge is 0.506 e. The smallest absolute Gasteiger partial charge is 0.134 e. The van der Waals surface area contributed by atoms with E-state index >= 15 is 0 Å². The van der Waals surface area contributed by atoms with Crippen LogP contribution in [0.1, 0.15) is 25.8 Å². The van der Waals surface area contributed by atoms with Crippen LogP contribution in [0.5, 0.6) is 5.75 Å². The van der Waals surface area contributed by atoms with E-state index in [1.54, 1.807) is 12.1 Å². The lowest BCUT2D eigenvalue weighted by atomic mass is 10.0. The van der Waals surface area contributed by atoms with E-state index in [2.05, 4.69) is 19.2 Å². The molecule has 3 nitrogen and oxygen atoms in total. The predicted octanol–water partition coefficient (Wildman–Crippen LogP) is 2.54. The quantitative estimate of drug-likeness (QED) is 0.734. The normalized spacial score (nSPS) is 13.0. The lowest BCUT2D eigenvalue weighted by Gasteiger charge is -2.21. The molecule has 0 fully saturated rings. The number of aliphatic hydroxyl groups is 1. The molecule has 1 atom stereocenters. The third-order valence-electron chi connectivity index (χ3n) is 2.83. The Hall–Kier alpha value is -0.770. The average Bonchev–Trinajstić information content (AvgIpc) is 2.28. The molecule has 96 valence electrons. The van der Waals surface area contributed by atoms with Crippen LogP contribution in [0.4, 0.5) is 0 Å². The van der Waals surface area contributed by atoms with Crippen molar-refractivity contribution in [1.29, 1.82) is 0 Å². The van der Waals surface area contributed by atoms with Gasteiger partial charge in [-0.15, -0.1) is 0 Å². The molecule has 0 saturated heterocycles. The van der Waals surface area contributed by atoms with Gasteiger partial charge < -0.3 is 15.5 Å². The maximum absolute atomic E-state index is 9.31. The number of halogens is 1. The van der Waals surface area contributed by atoms with Crippen molar-refractivity contribution in [2.75, 3.05) is 6.61 Å². The van der Waals surface area contributed by atoms with Crippen molar-refractivity contribution in [3.05, 3.63) is 28.8 Å². The highest BCUT2D eigenvalue weighted by atomic mass is 35.5. The molecule has 0 spiro atoms. The number of rotatable bonds is 6. The Kier molecular flexibility index (Phi) is 5.75. The highest BCUT2D eigenvalue weighted by molar-refractivity contribution is 6.32. The van der Waals surface area contributed by atoms with Gasteiger partial charge in [0.25, 0.3) is 0 Å². The van der Waals surface area contributed by atoms with Gasteiger partial charge in [-0.3, -0.25) is 0 Å². The first kappa shape index (κ1) is 14.3. The molecular formula is C13H20ClNO2. The molecule has 0 aliphatic heterocycles. The van der Waals surface area contributed by atoms with E-state index in [4.69, 9.17) is 16.7 Å². The lowest BCUT2D eigenvalue weighted by Crippen LogP contribution is -2.34. The second-order valence-electron chi connectivity index (χ2n) is 4.53. The van der Waals surface area contributed by atoms with E-state index in [9.17, 15) is 5.11 Å². The minimum atomic E-state index is 0.103. The Bertz CT molecular complexity index is 355. The predicted molar refractivity (Wildman–Crippen MR) is 70.3 cm³/mol. The Balaban J connectivity index is 2.56. The van der Waals surface area contributed by atoms with Crippen molar-refractivity contribution < 1.29 is 10.2 Å². The van der Waals surface area contributed by atoms with Crippen molar-refractivity contribution in [2.24, 2.45) is 5.92 Å². The van der Waals surface area contributed by atoms with Crippen LogP contribution in [0, 0.1) is 5.92 Å². The van der Waals surface area contributed by atoms with E-state index in [1.165, 1.54) is 0 Å². The molecule has 3 N–H and O–H groups in total. The van der Waals surface area contributed by atoms with Crippen molar-refractivity contribution in [3.63, 3.8) is 0 Å². The average molecular weight is 258 g/mol. The molecule has 0 aliphatic carbocycles. The van der Waals surface area contributed by atoms with Crippen LogP contribution in [-0.2, 0) is 6.54 Å². The van der Waals surface area contributed by atoms with Crippen molar-refractivity contribution in [2.45, 2.75) is 32.9 Å². The zero-order valence-electron chi connectivity index (χ0n) is 10.3. The first-order chi connectivity index (χ1) is 8.04. The number of phenolic OH excluding ortho intramolecular Hbond substituents is 1. The minimum absolute atomic E-state index is 0.103. The zero-order valence-corrected chi connectivity index (χ0v) is 11.0. The summed E-state index contributed by atoms with van der Waals surface area (Å²) in [7, 11) is 0. The second-order valence-corrected chi connectivity index (χ2v) is 4.94. The minimum Gasteiger partial charge on any atom is -0.506 e. The van der Waals surface area contributed by atoms with Gasteiger partial charge in [0.05, 0.1) is 5.02 Å². The van der Waals surface area contributed by atoms with Crippen LogP contribution in [0.25, 0.3) is 0 Å². The summed E-state index contributed by atoms with van der Waals surface area (Å²) in [5, 5.41) is 22.0. The number of nitrogens with one attached hydrogen (secondary N) is 1. The number of aromatic hydroxyl groups is 1. The summed E-state index contributed by atoms with van der Waals surface area (Å²) < 4.78 is 0. The van der Waals surface area contributed by atoms with Gasteiger partial charge in [-0.25, -0.2) is 0 Å². The van der Waals surface area contributed by atoms with Crippen molar-refractivity contribution in [3.8, 4) is 5.75 Å². The van der Waals surface area contributed by atoms with Crippen LogP contribution in [-0.4, -0.2) is 22.9 Å². The molecule has 17 heavy (non-hydrogen) atoms. The fourth-order valence-electron chi connectivity index (χ4n) is 1.72. The zero-order chi connectivity index (χ0) is 12.8. The molecule has 0 aromatic heterocycles. The number of aliphatic hydroxyl groups excluding tert-OH is 1. The maximum Gasteiger partial charge on any atom is 0.134 e. The number of benzene rings is 1. The van der Waals surface area contributed by atoms with Crippen molar-refractivity contribution >= 4 is 11.6 Å². The van der Waals surface area contributed by atoms with E-state index in [-0.39, 0.29) is 18.4 Å². The molecule has 0 saturated carbocycles. The SMILES string of the molecule is CC(C)C(CCO)NCc1ccc(O)c(Cl)c1. The topological polar surface area (TPSA) is 52.5 Å². The van der Waals surface area contributed by atoms with Crippen LogP contribution >= 0.6 is 11.6 Å². The molecular weight excluding hydrogens is 238 g/mol. The monoisotopic (exact) mass is 257 g/mol. The summed E-state index contributed by atoms with van der Waals surface area (Å²) in [4.78, 5) is 0. The molecule has 0 bridgehead atoms. The summed E-state index contributed by atoms with van der Waals surface area (Å²) in [5.74, 6) is 0.570. The molecule has 1 unspecified atom stereocenters. The van der Waals surface area contributed by atoms with Crippen LogP contribution in [0.2, 0.25) is 5.02 Å². The Morgan fingerprint density at radius 1 is 1.35 bits per heavy atom. The Labute approximate surface area is 107 Å². The summed E-state index contributed by atoms with van der Waals surface area (Å²) in [6.07, 6.45) is 0.740. The molecule has 1 aromatic carbocycles. The summed E-state index contributed by atoms with van der Waals surface area (Å²) in [5.41, 5.74) is 1.02. The third kappa shape index (κ3) is 4.54. The maximum atomic E-state index is 9.31. The van der Waals surface area contributed by atoms with Crippen molar-refractivity contribution in [1.82, 2.24) is 5.32 Å². The van der Waals surface area contributed by atoms with Gasteiger partial charge in [-0.05, 0) is 30.0 Å². The Morgan fingerprint density at radius 2 is 2.06 bits per heavy atom. The molecule has 0 aliphatic rings. The summed E-state index contributed by atoms with van der Waals surface area (Å²) >= 11 is 5.84. The van der Waals surface area contributed by atoms with Crippen LogP contribution < -0.4 is 5.32 Å². The summed E-state index contributed by atoms with van der Waals surface area (Å²) in [6, 6.07) is 5.47. The fourth-order valence-corrected chi connectivity index (χ4v) is 1.92. The molecule has 0 amide bonds. The highest BCUT2D eigenvalue weighted by Gasteiger charge is 2.12. The fraction of sp³-hybridized carbons (Fsp3) is 0.538. The van der Waals surface area contributed by atoms with Gasteiger partial charge in [0, 0.05) is 19.2 Å². The molecule has 1 aromatic rings. The first-order valence-electron chi connectivity index (χ1n) is 5.86. The van der Waals surface area contributed by atoms with E-state index < -0.39 is 0 Å². The van der Waals surface area contributed by atoms with Gasteiger partial charge >= 0.3 is 0 Å². The van der Waals surface area contributed by atoms with Gasteiger partial charge in [-0.1, -0.05) is 31.5 Å². The van der Waals surface area contributed by atoms with E-state index in [1.807, 2.05) is 6.07 Å². The standard InChI is InChI=1S/C13H20ClNO2/c1-9(2)12(5-6-16)15-8-10-3-4-13(17)11(14)7-10/h3-4,7,9,12,15-17H,5-6,8H2,1-2H3. The first-order valence-corrected chi connectivity index (χ1v) is 6.24. The lowest BCUT2D eigenvalue weighted by molar-refractivity contribution is 0.244. The molecule has 1 rings (SSSR count). The summed E-state index contributed by atoms with van der Waals surface area (Å²) in [6.45, 7) is 5.11. The van der Waals surface area contributed by atoms with E-state index in [0.717, 1.165) is 12.0 Å². The van der Waals surface area contributed by atoms with E-state index in [0.29, 0.717) is 17.5 Å². The van der Waals surface area contributed by atoms with Crippen LogP contribution in [0.15, 0.2) is 18.2 Å². The molecule has 4 heteroatoms. The Morgan fingerprint density at radius 3 is 2.59 bits per heavy atom.